The third kappa shape index (κ3) is 3.76. The van der Waals surface area contributed by atoms with E-state index in [9.17, 15) is 9.90 Å². The van der Waals surface area contributed by atoms with E-state index in [0.717, 1.165) is 30.0 Å². The van der Waals surface area contributed by atoms with Gasteiger partial charge in [0.15, 0.2) is 0 Å². The number of anilines is 2. The van der Waals surface area contributed by atoms with Gasteiger partial charge in [-0.2, -0.15) is 4.98 Å². The molecule has 2 N–H and O–H groups in total. The number of carbonyl (C=O) groups excluding carboxylic acids is 1. The van der Waals surface area contributed by atoms with Gasteiger partial charge in [-0.3, -0.25) is 9.69 Å². The van der Waals surface area contributed by atoms with Gasteiger partial charge in [0, 0.05) is 52.3 Å². The van der Waals surface area contributed by atoms with Gasteiger partial charge in [-0.15, -0.1) is 0 Å². The van der Waals surface area contributed by atoms with Crippen molar-refractivity contribution in [3.05, 3.63) is 11.3 Å². The van der Waals surface area contributed by atoms with Gasteiger partial charge in [0.2, 0.25) is 11.9 Å². The van der Waals surface area contributed by atoms with Crippen LogP contribution in [0.5, 0.6) is 0 Å². The molecule has 2 aliphatic rings. The van der Waals surface area contributed by atoms with E-state index < -0.39 is 6.10 Å². The zero-order valence-electron chi connectivity index (χ0n) is 16.4. The molecular weight excluding hydrogens is 332 g/mol. The summed E-state index contributed by atoms with van der Waals surface area (Å²) in [6.07, 6.45) is 0.296. The van der Waals surface area contributed by atoms with Crippen LogP contribution >= 0.6 is 0 Å². The van der Waals surface area contributed by atoms with E-state index >= 15 is 0 Å². The van der Waals surface area contributed by atoms with E-state index in [2.05, 4.69) is 29.0 Å². The minimum atomic E-state index is -0.428. The van der Waals surface area contributed by atoms with Gasteiger partial charge in [0.05, 0.1) is 24.4 Å². The van der Waals surface area contributed by atoms with Crippen molar-refractivity contribution in [1.82, 2.24) is 19.8 Å². The van der Waals surface area contributed by atoms with Crippen LogP contribution in [0.1, 0.15) is 32.0 Å². The number of hydrogen-bond donors (Lipinski definition) is 2. The highest BCUT2D eigenvalue weighted by atomic mass is 16.3. The number of amides is 1. The molecule has 1 amide bonds. The van der Waals surface area contributed by atoms with E-state index in [-0.39, 0.29) is 11.9 Å². The molecule has 2 aliphatic heterocycles. The van der Waals surface area contributed by atoms with Crippen LogP contribution in [-0.2, 0) is 17.8 Å². The summed E-state index contributed by atoms with van der Waals surface area (Å²) in [5.41, 5.74) is 1.95. The normalized spacial score (nSPS) is 23.3. The minimum Gasteiger partial charge on any atom is -0.390 e. The van der Waals surface area contributed by atoms with Crippen LogP contribution in [0.4, 0.5) is 11.8 Å². The number of likely N-dealkylation sites (tertiary alicyclic amines) is 1. The summed E-state index contributed by atoms with van der Waals surface area (Å²) in [6.45, 7) is 8.51. The van der Waals surface area contributed by atoms with Crippen LogP contribution in [0.25, 0.3) is 0 Å². The topological polar surface area (TPSA) is 84.8 Å². The van der Waals surface area contributed by atoms with Crippen molar-refractivity contribution in [2.75, 3.05) is 43.9 Å². The Balaban J connectivity index is 1.88. The maximum atomic E-state index is 11.8. The molecular formula is C18H30N6O2. The molecule has 0 unspecified atom stereocenters. The number of aromatic nitrogens is 2. The Hall–Kier alpha value is -1.93. The van der Waals surface area contributed by atoms with Crippen molar-refractivity contribution in [3.8, 4) is 0 Å². The number of fused-ring (bicyclic) bond motifs is 1. The molecule has 0 aliphatic carbocycles. The molecule has 1 aromatic rings. The molecule has 0 radical (unpaired) electrons. The highest BCUT2D eigenvalue weighted by Gasteiger charge is 2.34. The first-order chi connectivity index (χ1) is 12.3. The average Bonchev–Trinajstić information content (AvgIpc) is 2.95. The molecule has 8 heteroatoms. The number of rotatable bonds is 4. The zero-order chi connectivity index (χ0) is 19.0. The third-order valence-electron chi connectivity index (χ3n) is 5.27. The zero-order valence-corrected chi connectivity index (χ0v) is 16.4. The van der Waals surface area contributed by atoms with Crippen LogP contribution in [0, 0.1) is 0 Å². The predicted molar refractivity (Wildman–Crippen MR) is 101 cm³/mol. The summed E-state index contributed by atoms with van der Waals surface area (Å²) < 4.78 is 0. The highest BCUT2D eigenvalue weighted by molar-refractivity contribution is 5.73. The molecule has 8 nitrogen and oxygen atoms in total. The Morgan fingerprint density at radius 2 is 2.04 bits per heavy atom. The van der Waals surface area contributed by atoms with Crippen molar-refractivity contribution in [2.24, 2.45) is 0 Å². The lowest BCUT2D eigenvalue weighted by Gasteiger charge is -2.30. The minimum absolute atomic E-state index is 0.0581. The maximum Gasteiger partial charge on any atom is 0.227 e. The van der Waals surface area contributed by atoms with Crippen LogP contribution in [-0.4, -0.2) is 82.7 Å². The second-order valence-corrected chi connectivity index (χ2v) is 7.75. The third-order valence-corrected chi connectivity index (χ3v) is 5.27. The molecule has 0 spiro atoms. The number of nitrogens with zero attached hydrogens (tertiary/aromatic N) is 5. The van der Waals surface area contributed by atoms with E-state index in [0.29, 0.717) is 31.6 Å². The van der Waals surface area contributed by atoms with Gasteiger partial charge >= 0.3 is 0 Å². The summed E-state index contributed by atoms with van der Waals surface area (Å²) in [4.78, 5) is 27.0. The fraction of sp³-hybridized carbons (Fsp3) is 0.722. The number of aliphatic hydroxyl groups excluding tert-OH is 1. The van der Waals surface area contributed by atoms with E-state index in [1.165, 1.54) is 0 Å². The van der Waals surface area contributed by atoms with Gasteiger partial charge in [-0.1, -0.05) is 0 Å². The van der Waals surface area contributed by atoms with Crippen LogP contribution in [0.15, 0.2) is 0 Å². The van der Waals surface area contributed by atoms with E-state index in [1.807, 2.05) is 23.9 Å². The van der Waals surface area contributed by atoms with Crippen molar-refractivity contribution >= 4 is 17.7 Å². The standard InChI is InChI=1S/C18H30N6O2/c1-11(2)24-9-15(16(26)10-24)19-17-13-6-7-23(12(3)25)8-14(13)20-18(21-17)22(4)5/h11,15-16,26H,6-10H2,1-5H3,(H,19,20,21)/t15-,16-/m0/s1. The largest absolute Gasteiger partial charge is 0.390 e. The predicted octanol–water partition coefficient (Wildman–Crippen LogP) is 0.313. The Kier molecular flexibility index (Phi) is 5.34. The summed E-state index contributed by atoms with van der Waals surface area (Å²) in [7, 11) is 3.81. The van der Waals surface area contributed by atoms with Gasteiger partial charge in [-0.05, 0) is 20.3 Å². The SMILES string of the molecule is CC(=O)N1CCc2c(nc(N(C)C)nc2N[C@H]2CN(C(C)C)C[C@@H]2O)C1. The van der Waals surface area contributed by atoms with Crippen molar-refractivity contribution in [1.29, 1.82) is 0 Å². The molecule has 144 valence electrons. The molecule has 3 heterocycles. The van der Waals surface area contributed by atoms with Crippen LogP contribution < -0.4 is 10.2 Å². The Morgan fingerprint density at radius 1 is 1.31 bits per heavy atom. The van der Waals surface area contributed by atoms with Crippen LogP contribution in [0.3, 0.4) is 0 Å². The Labute approximate surface area is 155 Å². The number of aliphatic hydroxyl groups is 1. The van der Waals surface area contributed by atoms with Crippen molar-refractivity contribution in [3.63, 3.8) is 0 Å². The average molecular weight is 362 g/mol. The first kappa shape index (κ1) is 18.8. The molecule has 1 saturated heterocycles. The summed E-state index contributed by atoms with van der Waals surface area (Å²) >= 11 is 0. The lowest BCUT2D eigenvalue weighted by molar-refractivity contribution is -0.129. The summed E-state index contributed by atoms with van der Waals surface area (Å²) in [5.74, 6) is 1.47. The second kappa shape index (κ2) is 7.36. The van der Waals surface area contributed by atoms with Crippen molar-refractivity contribution < 1.29 is 9.90 Å². The van der Waals surface area contributed by atoms with Gasteiger partial charge in [0.1, 0.15) is 5.82 Å². The first-order valence-corrected chi connectivity index (χ1v) is 9.27. The Bertz CT molecular complexity index is 678. The Morgan fingerprint density at radius 3 is 2.62 bits per heavy atom. The summed E-state index contributed by atoms with van der Waals surface area (Å²) in [6, 6.07) is 0.342. The van der Waals surface area contributed by atoms with Crippen LogP contribution in [0.2, 0.25) is 0 Å². The lowest BCUT2D eigenvalue weighted by atomic mass is 10.0. The molecule has 2 atom stereocenters. The first-order valence-electron chi connectivity index (χ1n) is 9.27. The van der Waals surface area contributed by atoms with Gasteiger partial charge in [0.25, 0.3) is 0 Å². The molecule has 0 aromatic carbocycles. The van der Waals surface area contributed by atoms with E-state index in [4.69, 9.17) is 4.98 Å². The second-order valence-electron chi connectivity index (χ2n) is 7.75. The van der Waals surface area contributed by atoms with Crippen molar-refractivity contribution in [2.45, 2.75) is 51.9 Å². The lowest BCUT2D eigenvalue weighted by Crippen LogP contribution is -2.38. The monoisotopic (exact) mass is 362 g/mol. The molecule has 1 fully saturated rings. The fourth-order valence-electron chi connectivity index (χ4n) is 3.56. The van der Waals surface area contributed by atoms with Gasteiger partial charge < -0.3 is 20.2 Å². The number of β-amino-alcohol motifs (C(OH)–C–C–N with tert-alkyl or cyclic N) is 1. The molecule has 0 saturated carbocycles. The smallest absolute Gasteiger partial charge is 0.227 e. The fourth-order valence-corrected chi connectivity index (χ4v) is 3.56. The number of hydrogen-bond acceptors (Lipinski definition) is 7. The molecule has 0 bridgehead atoms. The molecule has 26 heavy (non-hydrogen) atoms. The number of nitrogens with one attached hydrogen (secondary N) is 1. The molecule has 3 rings (SSSR count). The quantitative estimate of drug-likeness (QED) is 0.797. The summed E-state index contributed by atoms with van der Waals surface area (Å²) in [5, 5.41) is 13.9. The number of carbonyl (C=O) groups is 1. The maximum absolute atomic E-state index is 11.8. The van der Waals surface area contributed by atoms with E-state index in [1.54, 1.807) is 6.92 Å². The molecule has 1 aromatic heterocycles. The highest BCUT2D eigenvalue weighted by Crippen LogP contribution is 2.28. The van der Waals surface area contributed by atoms with Gasteiger partial charge in [-0.25, -0.2) is 4.98 Å².